The summed E-state index contributed by atoms with van der Waals surface area (Å²) < 4.78 is 53.6. The molecule has 1 spiro atoms. The van der Waals surface area contributed by atoms with Gasteiger partial charge in [0.2, 0.25) is 15.9 Å². The number of hydrogen-bond donors (Lipinski definition) is 1. The van der Waals surface area contributed by atoms with Gasteiger partial charge in [-0.15, -0.1) is 0 Å². The molecule has 0 aromatic heterocycles. The van der Waals surface area contributed by atoms with Crippen LogP contribution >= 0.6 is 0 Å². The van der Waals surface area contributed by atoms with E-state index in [0.717, 1.165) is 43.0 Å². The second kappa shape index (κ2) is 9.08. The van der Waals surface area contributed by atoms with E-state index in [-0.39, 0.29) is 23.3 Å². The fourth-order valence-corrected chi connectivity index (χ4v) is 7.11. The zero-order chi connectivity index (χ0) is 24.8. The molecule has 9 heteroatoms. The van der Waals surface area contributed by atoms with Crippen molar-refractivity contribution in [1.82, 2.24) is 5.32 Å². The molecule has 1 amide bonds. The summed E-state index contributed by atoms with van der Waals surface area (Å²) >= 11 is 0. The van der Waals surface area contributed by atoms with Crippen molar-refractivity contribution < 1.29 is 22.0 Å². The molecule has 2 heterocycles. The van der Waals surface area contributed by atoms with Crippen molar-refractivity contribution in [3.05, 3.63) is 59.7 Å². The van der Waals surface area contributed by atoms with Crippen molar-refractivity contribution in [3.63, 3.8) is 0 Å². The molecule has 1 saturated carbocycles. The molecule has 1 N–H and O–H groups in total. The predicted octanol–water partition coefficient (Wildman–Crippen LogP) is 3.96. The highest BCUT2D eigenvalue weighted by Crippen LogP contribution is 2.50. The molecule has 5 rings (SSSR count). The Morgan fingerprint density at radius 1 is 1.06 bits per heavy atom. The number of rotatable bonds is 4. The number of sulfonamides is 1. The van der Waals surface area contributed by atoms with Crippen LogP contribution in [0, 0.1) is 17.6 Å². The second-order valence-electron chi connectivity index (χ2n) is 10.3. The first-order valence-electron chi connectivity index (χ1n) is 12.2. The fourth-order valence-electron chi connectivity index (χ4n) is 6.11. The maximum Gasteiger partial charge on any atom is 0.232 e. The summed E-state index contributed by atoms with van der Waals surface area (Å²) in [5, 5.41) is 3.17. The van der Waals surface area contributed by atoms with Crippen molar-refractivity contribution in [1.29, 1.82) is 0 Å². The molecule has 1 unspecified atom stereocenters. The average molecular weight is 504 g/mol. The van der Waals surface area contributed by atoms with Gasteiger partial charge in [0.15, 0.2) is 0 Å². The minimum absolute atomic E-state index is 0.0170. The van der Waals surface area contributed by atoms with E-state index in [9.17, 15) is 22.0 Å². The van der Waals surface area contributed by atoms with Gasteiger partial charge >= 0.3 is 0 Å². The Labute approximate surface area is 205 Å². The van der Waals surface area contributed by atoms with Crippen LogP contribution in [-0.4, -0.2) is 46.3 Å². The Bertz CT molecular complexity index is 1210. The number of nitrogens with zero attached hydrogens (tertiary/aromatic N) is 2. The number of hydrogen-bond acceptors (Lipinski definition) is 4. The summed E-state index contributed by atoms with van der Waals surface area (Å²) in [5.41, 5.74) is 2.07. The highest BCUT2D eigenvalue weighted by atomic mass is 32.2. The second-order valence-corrected chi connectivity index (χ2v) is 12.2. The molecule has 188 valence electrons. The molecule has 2 fully saturated rings. The number of nitrogens with one attached hydrogen (secondary N) is 1. The predicted molar refractivity (Wildman–Crippen MR) is 132 cm³/mol. The quantitative estimate of drug-likeness (QED) is 0.686. The van der Waals surface area contributed by atoms with Gasteiger partial charge in [-0.3, -0.25) is 9.10 Å². The number of anilines is 2. The molecule has 2 aliphatic heterocycles. The third-order valence-corrected chi connectivity index (χ3v) is 9.01. The molecule has 1 aliphatic carbocycles. The number of benzene rings is 2. The van der Waals surface area contributed by atoms with E-state index in [4.69, 9.17) is 0 Å². The van der Waals surface area contributed by atoms with Gasteiger partial charge in [0.05, 0.1) is 11.9 Å². The highest BCUT2D eigenvalue weighted by Gasteiger charge is 2.48. The van der Waals surface area contributed by atoms with E-state index in [0.29, 0.717) is 38.2 Å². The normalized spacial score (nSPS) is 26.6. The van der Waals surface area contributed by atoms with Crippen LogP contribution in [0.1, 0.15) is 44.1 Å². The van der Waals surface area contributed by atoms with Crippen molar-refractivity contribution in [2.45, 2.75) is 50.0 Å². The minimum atomic E-state index is -3.37. The number of amides is 1. The monoisotopic (exact) mass is 503 g/mol. The first-order valence-corrected chi connectivity index (χ1v) is 14.1. The van der Waals surface area contributed by atoms with Gasteiger partial charge in [0.1, 0.15) is 11.6 Å². The van der Waals surface area contributed by atoms with Gasteiger partial charge in [-0.05, 0) is 62.3 Å². The molecular formula is C26H31F2N3O3S. The zero-order valence-electron chi connectivity index (χ0n) is 19.8. The highest BCUT2D eigenvalue weighted by molar-refractivity contribution is 7.92. The van der Waals surface area contributed by atoms with Crippen molar-refractivity contribution >= 4 is 27.3 Å². The first kappa shape index (κ1) is 24.0. The molecule has 6 nitrogen and oxygen atoms in total. The molecule has 1 saturated heterocycles. The Kier molecular flexibility index (Phi) is 6.23. The first-order chi connectivity index (χ1) is 16.6. The summed E-state index contributed by atoms with van der Waals surface area (Å²) in [6, 6.07) is 11.1. The molecule has 35 heavy (non-hydrogen) atoms. The fraction of sp³-hybridized carbons (Fsp3) is 0.500. The van der Waals surface area contributed by atoms with Crippen LogP contribution in [0.3, 0.4) is 0 Å². The molecule has 0 radical (unpaired) electrons. The summed E-state index contributed by atoms with van der Waals surface area (Å²) in [4.78, 5) is 15.1. The smallest absolute Gasteiger partial charge is 0.232 e. The molecule has 0 bridgehead atoms. The summed E-state index contributed by atoms with van der Waals surface area (Å²) in [7, 11) is -3.37. The third-order valence-electron chi connectivity index (χ3n) is 7.88. The number of halogens is 2. The number of carbonyl (C=O) groups excluding carboxylic acids is 1. The molecule has 3 aliphatic rings. The van der Waals surface area contributed by atoms with E-state index in [1.165, 1.54) is 22.7 Å². The van der Waals surface area contributed by atoms with E-state index >= 15 is 0 Å². The van der Waals surface area contributed by atoms with Gasteiger partial charge in [-0.25, -0.2) is 17.2 Å². The van der Waals surface area contributed by atoms with Crippen LogP contribution in [-0.2, 0) is 20.2 Å². The van der Waals surface area contributed by atoms with Crippen LogP contribution in [0.15, 0.2) is 42.5 Å². The lowest BCUT2D eigenvalue weighted by Crippen LogP contribution is -2.50. The van der Waals surface area contributed by atoms with Crippen LogP contribution in [0.25, 0.3) is 0 Å². The Morgan fingerprint density at radius 3 is 2.43 bits per heavy atom. The van der Waals surface area contributed by atoms with E-state index in [2.05, 4.69) is 5.32 Å². The maximum atomic E-state index is 13.7. The number of carbonyl (C=O) groups is 1. The minimum Gasteiger partial charge on any atom is -0.369 e. The zero-order valence-corrected chi connectivity index (χ0v) is 20.7. The van der Waals surface area contributed by atoms with Gasteiger partial charge in [0, 0.05) is 48.8 Å². The topological polar surface area (TPSA) is 69.7 Å². The lowest BCUT2D eigenvalue weighted by molar-refractivity contribution is -0.127. The van der Waals surface area contributed by atoms with E-state index < -0.39 is 21.7 Å². The van der Waals surface area contributed by atoms with Gasteiger partial charge in [0.25, 0.3) is 0 Å². The van der Waals surface area contributed by atoms with Crippen molar-refractivity contribution in [2.24, 2.45) is 5.92 Å². The van der Waals surface area contributed by atoms with E-state index in [1.54, 1.807) is 0 Å². The Hall–Kier alpha value is -2.68. The average Bonchev–Trinajstić information content (AvgIpc) is 3.14. The van der Waals surface area contributed by atoms with Gasteiger partial charge in [-0.1, -0.05) is 18.2 Å². The SMILES string of the molecule is CS(=O)(=O)N1C[C@]2(CC[C@@H](C(=O)NC3CCCN(c4cc(F)cc(F)c4)C3)CC2)c2ccccc21. The molecule has 2 aromatic carbocycles. The van der Waals surface area contributed by atoms with Crippen molar-refractivity contribution in [2.75, 3.05) is 35.1 Å². The number of fused-ring (bicyclic) bond motifs is 2. The number of piperidine rings is 1. The molecule has 1 atom stereocenters. The van der Waals surface area contributed by atoms with Crippen LogP contribution in [0.5, 0.6) is 0 Å². The Morgan fingerprint density at radius 2 is 1.74 bits per heavy atom. The Balaban J connectivity index is 1.22. The van der Waals surface area contributed by atoms with Gasteiger partial charge in [-0.2, -0.15) is 0 Å². The molecular weight excluding hydrogens is 472 g/mol. The van der Waals surface area contributed by atoms with Gasteiger partial charge < -0.3 is 10.2 Å². The summed E-state index contributed by atoms with van der Waals surface area (Å²) in [6.07, 6.45) is 5.81. The largest absolute Gasteiger partial charge is 0.369 e. The third kappa shape index (κ3) is 4.75. The number of para-hydroxylation sites is 1. The van der Waals surface area contributed by atoms with Crippen LogP contribution in [0.4, 0.5) is 20.2 Å². The summed E-state index contributed by atoms with van der Waals surface area (Å²) in [6.45, 7) is 1.64. The lowest BCUT2D eigenvalue weighted by Gasteiger charge is -2.39. The maximum absolute atomic E-state index is 13.7. The van der Waals surface area contributed by atoms with Crippen LogP contribution in [0.2, 0.25) is 0 Å². The van der Waals surface area contributed by atoms with Crippen molar-refractivity contribution in [3.8, 4) is 0 Å². The van der Waals surface area contributed by atoms with Crippen LogP contribution < -0.4 is 14.5 Å². The molecule has 2 aromatic rings. The van der Waals surface area contributed by atoms with E-state index in [1.807, 2.05) is 29.2 Å². The lowest BCUT2D eigenvalue weighted by atomic mass is 9.67. The summed E-state index contributed by atoms with van der Waals surface area (Å²) in [5.74, 6) is -1.32. The standard InChI is InChI=1S/C26H31F2N3O3S/c1-35(33,34)31-17-26(23-6-2-3-7-24(23)31)10-8-18(9-11-26)25(32)29-21-5-4-12-30(16-21)22-14-19(27)13-20(28)15-22/h2-3,6-7,13-15,18,21H,4-5,8-12,16-17H2,1H3,(H,29,32)/t18-,21?,26-.